The van der Waals surface area contributed by atoms with Crippen LogP contribution in [0.1, 0.15) is 38.8 Å². The van der Waals surface area contributed by atoms with Gasteiger partial charge >= 0.3 is 5.97 Å². The first-order valence-corrected chi connectivity index (χ1v) is 12.2. The molecule has 0 saturated heterocycles. The van der Waals surface area contributed by atoms with Crippen LogP contribution in [0.5, 0.6) is 5.75 Å². The first kappa shape index (κ1) is 24.7. The first-order chi connectivity index (χ1) is 18.6. The molecule has 0 aliphatic carbocycles. The molecule has 0 bridgehead atoms. The van der Waals surface area contributed by atoms with Crippen molar-refractivity contribution in [2.75, 3.05) is 6.61 Å². The van der Waals surface area contributed by atoms with Gasteiger partial charge in [0.1, 0.15) is 18.7 Å². The number of nitrogens with one attached hydrogen (secondary N) is 1. The molecule has 2 aromatic heterocycles. The van der Waals surface area contributed by atoms with E-state index >= 15 is 0 Å². The van der Waals surface area contributed by atoms with E-state index in [1.165, 1.54) is 0 Å². The van der Waals surface area contributed by atoms with Gasteiger partial charge in [0.05, 0.1) is 23.2 Å². The summed E-state index contributed by atoms with van der Waals surface area (Å²) in [5.74, 6) is 0.227. The molecule has 0 unspecified atom stereocenters. The fourth-order valence-electron chi connectivity index (χ4n) is 3.97. The van der Waals surface area contributed by atoms with E-state index in [9.17, 15) is 9.59 Å². The summed E-state index contributed by atoms with van der Waals surface area (Å²) in [6.45, 7) is 2.92. The summed E-state index contributed by atoms with van der Waals surface area (Å²) in [4.78, 5) is 33.0. The summed E-state index contributed by atoms with van der Waals surface area (Å²) in [5.41, 5.74) is 5.49. The van der Waals surface area contributed by atoms with Gasteiger partial charge in [-0.05, 0) is 78.7 Å². The highest BCUT2D eigenvalue weighted by molar-refractivity contribution is 5.97. The Morgan fingerprint density at radius 1 is 0.921 bits per heavy atom. The number of aromatic nitrogens is 3. The fraction of sp³-hybridized carbons (Fsp3) is 0.133. The molecular weight excluding hydrogens is 480 g/mol. The van der Waals surface area contributed by atoms with E-state index in [-0.39, 0.29) is 11.9 Å². The lowest BCUT2D eigenvalue weighted by molar-refractivity contribution is 0.0526. The number of carbonyl (C=O) groups excluding carboxylic acids is 2. The van der Waals surface area contributed by atoms with Gasteiger partial charge in [0.25, 0.3) is 5.91 Å². The van der Waals surface area contributed by atoms with Gasteiger partial charge in [-0.1, -0.05) is 18.2 Å². The molecule has 5 aromatic rings. The van der Waals surface area contributed by atoms with Gasteiger partial charge in [0, 0.05) is 30.2 Å². The van der Waals surface area contributed by atoms with Crippen LogP contribution >= 0.6 is 0 Å². The number of hydrogen-bond acceptors (Lipinski definition) is 6. The second kappa shape index (κ2) is 11.4. The summed E-state index contributed by atoms with van der Waals surface area (Å²) in [6, 6.07) is 24.1. The van der Waals surface area contributed by atoms with Crippen molar-refractivity contribution in [3.63, 3.8) is 0 Å². The van der Waals surface area contributed by atoms with E-state index in [1.807, 2.05) is 59.2 Å². The Bertz CT molecular complexity index is 1550. The average molecular weight is 507 g/mol. The van der Waals surface area contributed by atoms with Crippen LogP contribution in [0.25, 0.3) is 16.7 Å². The van der Waals surface area contributed by atoms with Crippen LogP contribution in [0.15, 0.2) is 97.6 Å². The molecule has 0 aliphatic heterocycles. The first-order valence-electron chi connectivity index (χ1n) is 12.2. The number of pyridine rings is 1. The second-order valence-corrected chi connectivity index (χ2v) is 8.56. The molecule has 1 N–H and O–H groups in total. The molecule has 0 atom stereocenters. The van der Waals surface area contributed by atoms with E-state index in [4.69, 9.17) is 9.47 Å². The summed E-state index contributed by atoms with van der Waals surface area (Å²) >= 11 is 0. The van der Waals surface area contributed by atoms with Crippen LogP contribution in [0.4, 0.5) is 0 Å². The lowest BCUT2D eigenvalue weighted by Crippen LogP contribution is -2.22. The minimum absolute atomic E-state index is 0.165. The van der Waals surface area contributed by atoms with Crippen LogP contribution in [0.3, 0.4) is 0 Å². The van der Waals surface area contributed by atoms with Crippen LogP contribution < -0.4 is 10.1 Å². The maximum Gasteiger partial charge on any atom is 0.338 e. The molecule has 1 amide bonds. The van der Waals surface area contributed by atoms with Gasteiger partial charge in [0.2, 0.25) is 0 Å². The molecule has 0 fully saturated rings. The van der Waals surface area contributed by atoms with Crippen LogP contribution in [-0.4, -0.2) is 33.0 Å². The van der Waals surface area contributed by atoms with Gasteiger partial charge in [-0.25, -0.2) is 9.78 Å². The van der Waals surface area contributed by atoms with Gasteiger partial charge in [-0.15, -0.1) is 0 Å². The molecule has 0 aliphatic rings. The Morgan fingerprint density at radius 2 is 1.71 bits per heavy atom. The molecule has 0 spiro atoms. The quantitative estimate of drug-likeness (QED) is 0.279. The van der Waals surface area contributed by atoms with Crippen molar-refractivity contribution in [3.8, 4) is 11.4 Å². The SMILES string of the molecule is CCOC(=O)c1ccc(COc2ccc(-n3cnc4cc(C(=O)NCc5cccnc5)ccc43)cc2)cc1. The topological polar surface area (TPSA) is 95.3 Å². The third-order valence-corrected chi connectivity index (χ3v) is 5.97. The highest BCUT2D eigenvalue weighted by Crippen LogP contribution is 2.22. The smallest absolute Gasteiger partial charge is 0.338 e. The lowest BCUT2D eigenvalue weighted by atomic mass is 10.1. The summed E-state index contributed by atoms with van der Waals surface area (Å²) < 4.78 is 12.9. The molecule has 3 aromatic carbocycles. The Hall–Kier alpha value is -4.98. The number of nitrogens with zero attached hydrogens (tertiary/aromatic N) is 3. The highest BCUT2D eigenvalue weighted by atomic mass is 16.5. The van der Waals surface area contributed by atoms with Crippen molar-refractivity contribution in [2.24, 2.45) is 0 Å². The number of hydrogen-bond donors (Lipinski definition) is 1. The van der Waals surface area contributed by atoms with Crippen LogP contribution in [0, 0.1) is 0 Å². The summed E-state index contributed by atoms with van der Waals surface area (Å²) in [5, 5.41) is 2.91. The maximum atomic E-state index is 12.6. The van der Waals surface area contributed by atoms with Crippen molar-refractivity contribution < 1.29 is 19.1 Å². The van der Waals surface area contributed by atoms with E-state index in [1.54, 1.807) is 49.9 Å². The normalized spacial score (nSPS) is 10.8. The van der Waals surface area contributed by atoms with Crippen molar-refractivity contribution in [1.29, 1.82) is 0 Å². The summed E-state index contributed by atoms with van der Waals surface area (Å²) in [7, 11) is 0. The summed E-state index contributed by atoms with van der Waals surface area (Å²) in [6.07, 6.45) is 5.17. The average Bonchev–Trinajstić information content (AvgIpc) is 3.39. The number of ether oxygens (including phenoxy) is 2. The Morgan fingerprint density at radius 3 is 2.45 bits per heavy atom. The third-order valence-electron chi connectivity index (χ3n) is 5.97. The Kier molecular flexibility index (Phi) is 7.40. The molecule has 5 rings (SSSR count). The number of carbonyl (C=O) groups is 2. The molecule has 38 heavy (non-hydrogen) atoms. The van der Waals surface area contributed by atoms with E-state index in [2.05, 4.69) is 15.3 Å². The van der Waals surface area contributed by atoms with Crippen molar-refractivity contribution in [1.82, 2.24) is 19.9 Å². The Labute approximate surface area is 219 Å². The molecule has 190 valence electrons. The number of rotatable bonds is 9. The minimum atomic E-state index is -0.331. The molecule has 0 radical (unpaired) electrons. The third kappa shape index (κ3) is 5.70. The predicted octanol–water partition coefficient (Wildman–Crippen LogP) is 5.11. The fourth-order valence-corrected chi connectivity index (χ4v) is 3.97. The maximum absolute atomic E-state index is 12.6. The highest BCUT2D eigenvalue weighted by Gasteiger charge is 2.11. The van der Waals surface area contributed by atoms with Gasteiger partial charge < -0.3 is 14.8 Å². The minimum Gasteiger partial charge on any atom is -0.489 e. The monoisotopic (exact) mass is 506 g/mol. The van der Waals surface area contributed by atoms with E-state index in [0.717, 1.165) is 33.6 Å². The number of imidazole rings is 1. The molecule has 8 heteroatoms. The standard InChI is InChI=1S/C30H26N4O4/c1-2-37-30(36)23-7-5-21(6-8-23)19-38-26-12-10-25(11-13-26)34-20-33-27-16-24(9-14-28(27)34)29(35)32-18-22-4-3-15-31-17-22/h3-17,20H,2,18-19H2,1H3,(H,32,35). The van der Waals surface area contributed by atoms with Gasteiger partial charge in [-0.2, -0.15) is 0 Å². The number of esters is 1. The van der Waals surface area contributed by atoms with Crippen molar-refractivity contribution in [3.05, 3.63) is 120 Å². The number of amides is 1. The molecule has 2 heterocycles. The zero-order valence-corrected chi connectivity index (χ0v) is 20.8. The Balaban J connectivity index is 1.21. The van der Waals surface area contributed by atoms with Crippen LogP contribution in [0.2, 0.25) is 0 Å². The van der Waals surface area contributed by atoms with Crippen molar-refractivity contribution >= 4 is 22.9 Å². The van der Waals surface area contributed by atoms with Crippen LogP contribution in [-0.2, 0) is 17.9 Å². The number of benzene rings is 3. The molecule has 8 nitrogen and oxygen atoms in total. The largest absolute Gasteiger partial charge is 0.489 e. The zero-order chi connectivity index (χ0) is 26.3. The number of fused-ring (bicyclic) bond motifs is 1. The van der Waals surface area contributed by atoms with E-state index < -0.39 is 0 Å². The predicted molar refractivity (Wildman–Crippen MR) is 143 cm³/mol. The lowest BCUT2D eigenvalue weighted by Gasteiger charge is -2.09. The second-order valence-electron chi connectivity index (χ2n) is 8.56. The molecule has 0 saturated carbocycles. The van der Waals surface area contributed by atoms with Gasteiger partial charge in [0.15, 0.2) is 0 Å². The van der Waals surface area contributed by atoms with Gasteiger partial charge in [-0.3, -0.25) is 14.3 Å². The van der Waals surface area contributed by atoms with Crippen molar-refractivity contribution in [2.45, 2.75) is 20.1 Å². The van der Waals surface area contributed by atoms with E-state index in [0.29, 0.717) is 30.9 Å². The zero-order valence-electron chi connectivity index (χ0n) is 20.8. The molecular formula is C30H26N4O4.